The molecule has 4 nitrogen and oxygen atoms in total. The number of alkyl halides is 3. The number of ether oxygens (including phenoxy) is 2. The monoisotopic (exact) mass is 412 g/mol. The van der Waals surface area contributed by atoms with Gasteiger partial charge in [0.25, 0.3) is 0 Å². The number of hydrogen-bond donors (Lipinski definition) is 0. The van der Waals surface area contributed by atoms with Crippen LogP contribution < -0.4 is 9.47 Å². The first-order chi connectivity index (χ1) is 13.7. The topological polar surface area (TPSA) is 35.8 Å². The number of methoxy groups -OCH3 is 2. The van der Waals surface area contributed by atoms with Gasteiger partial charge in [0, 0.05) is 30.6 Å². The summed E-state index contributed by atoms with van der Waals surface area (Å²) in [4.78, 5) is 4.28. The van der Waals surface area contributed by atoms with Crippen LogP contribution in [0.1, 0.15) is 31.4 Å². The SMILES string of the molecule is CC.COc1cc(CCC(F)(F)F)cc(OC)c1-c1c(C)c(F)cn2ccnc12. The molecular formula is C21H24F4N2O2. The number of rotatable bonds is 5. The lowest BCUT2D eigenvalue weighted by atomic mass is 9.96. The zero-order chi connectivity index (χ0) is 21.8. The van der Waals surface area contributed by atoms with Crippen molar-refractivity contribution in [3.8, 4) is 22.6 Å². The molecule has 3 rings (SSSR count). The Morgan fingerprint density at radius 1 is 1.03 bits per heavy atom. The Morgan fingerprint density at radius 2 is 1.62 bits per heavy atom. The van der Waals surface area contributed by atoms with Gasteiger partial charge in [-0.2, -0.15) is 13.2 Å². The van der Waals surface area contributed by atoms with Crippen LogP contribution in [0.25, 0.3) is 16.8 Å². The number of hydrogen-bond acceptors (Lipinski definition) is 3. The fraction of sp³-hybridized carbons (Fsp3) is 0.381. The lowest BCUT2D eigenvalue weighted by molar-refractivity contribution is -0.134. The second kappa shape index (κ2) is 9.15. The minimum atomic E-state index is -4.26. The first-order valence-corrected chi connectivity index (χ1v) is 9.19. The molecule has 0 aliphatic rings. The zero-order valence-electron chi connectivity index (χ0n) is 17.0. The van der Waals surface area contributed by atoms with Gasteiger partial charge in [-0.05, 0) is 36.6 Å². The van der Waals surface area contributed by atoms with Crippen molar-refractivity contribution < 1.29 is 27.0 Å². The van der Waals surface area contributed by atoms with Crippen molar-refractivity contribution in [1.82, 2.24) is 9.38 Å². The Labute approximate surface area is 167 Å². The van der Waals surface area contributed by atoms with Crippen LogP contribution in [0, 0.1) is 12.7 Å². The lowest BCUT2D eigenvalue weighted by Gasteiger charge is -2.18. The van der Waals surface area contributed by atoms with Gasteiger partial charge in [0.1, 0.15) is 23.0 Å². The van der Waals surface area contributed by atoms with Gasteiger partial charge in [-0.1, -0.05) is 13.8 Å². The van der Waals surface area contributed by atoms with E-state index < -0.39 is 18.4 Å². The number of benzene rings is 1. The number of aromatic nitrogens is 2. The quantitative estimate of drug-likeness (QED) is 0.483. The Hall–Kier alpha value is -2.77. The van der Waals surface area contributed by atoms with E-state index in [9.17, 15) is 17.6 Å². The standard InChI is InChI=1S/C19H18F4N2O2.C2H6/c1-11-13(20)10-25-7-6-24-18(25)16(11)17-14(26-2)8-12(9-15(17)27-3)4-5-19(21,22)23;1-2/h6-10H,4-5H2,1-3H3;1-2H3. The van der Waals surface area contributed by atoms with Crippen molar-refractivity contribution in [2.24, 2.45) is 0 Å². The largest absolute Gasteiger partial charge is 0.496 e. The van der Waals surface area contributed by atoms with Gasteiger partial charge < -0.3 is 13.9 Å². The Morgan fingerprint density at radius 3 is 2.14 bits per heavy atom. The van der Waals surface area contributed by atoms with E-state index in [1.807, 2.05) is 13.8 Å². The molecule has 0 saturated carbocycles. The minimum absolute atomic E-state index is 0.211. The highest BCUT2D eigenvalue weighted by atomic mass is 19.4. The maximum Gasteiger partial charge on any atom is 0.389 e. The third-order valence-corrected chi connectivity index (χ3v) is 4.39. The molecule has 0 aliphatic heterocycles. The molecule has 3 aromatic rings. The summed E-state index contributed by atoms with van der Waals surface area (Å²) in [5, 5.41) is 0. The van der Waals surface area contributed by atoms with Crippen molar-refractivity contribution in [3.05, 3.63) is 47.7 Å². The third-order valence-electron chi connectivity index (χ3n) is 4.39. The van der Waals surface area contributed by atoms with Gasteiger partial charge in [0.2, 0.25) is 0 Å². The number of aryl methyl sites for hydroxylation is 1. The van der Waals surface area contributed by atoms with Crippen LogP contribution in [0.3, 0.4) is 0 Å². The van der Waals surface area contributed by atoms with Crippen LogP contribution >= 0.6 is 0 Å². The van der Waals surface area contributed by atoms with E-state index in [4.69, 9.17) is 9.47 Å². The van der Waals surface area contributed by atoms with Crippen LogP contribution in [0.5, 0.6) is 11.5 Å². The molecule has 29 heavy (non-hydrogen) atoms. The number of nitrogens with zero attached hydrogens (tertiary/aromatic N) is 2. The summed E-state index contributed by atoms with van der Waals surface area (Å²) in [6.45, 7) is 5.61. The van der Waals surface area contributed by atoms with Gasteiger partial charge in [-0.25, -0.2) is 9.37 Å². The van der Waals surface area contributed by atoms with Crippen molar-refractivity contribution >= 4 is 5.65 Å². The van der Waals surface area contributed by atoms with Gasteiger partial charge in [-0.15, -0.1) is 0 Å². The summed E-state index contributed by atoms with van der Waals surface area (Å²) in [6, 6.07) is 3.04. The molecule has 0 atom stereocenters. The molecule has 158 valence electrons. The summed E-state index contributed by atoms with van der Waals surface area (Å²) in [7, 11) is 2.81. The molecule has 2 heterocycles. The molecule has 0 amide bonds. The normalized spacial score (nSPS) is 11.2. The van der Waals surface area contributed by atoms with E-state index in [2.05, 4.69) is 4.98 Å². The third kappa shape index (κ3) is 4.81. The average Bonchev–Trinajstić information content (AvgIpc) is 3.15. The lowest BCUT2D eigenvalue weighted by Crippen LogP contribution is -2.09. The zero-order valence-corrected chi connectivity index (χ0v) is 17.0. The van der Waals surface area contributed by atoms with Crippen LogP contribution in [-0.2, 0) is 6.42 Å². The molecule has 0 spiro atoms. The van der Waals surface area contributed by atoms with Gasteiger partial charge in [0.15, 0.2) is 0 Å². The van der Waals surface area contributed by atoms with E-state index in [1.54, 1.807) is 13.1 Å². The van der Waals surface area contributed by atoms with E-state index in [1.165, 1.54) is 43.1 Å². The molecule has 0 bridgehead atoms. The van der Waals surface area contributed by atoms with Crippen molar-refractivity contribution in [2.75, 3.05) is 14.2 Å². The van der Waals surface area contributed by atoms with E-state index >= 15 is 0 Å². The van der Waals surface area contributed by atoms with Crippen molar-refractivity contribution in [3.63, 3.8) is 0 Å². The van der Waals surface area contributed by atoms with Gasteiger partial charge in [-0.3, -0.25) is 0 Å². The van der Waals surface area contributed by atoms with Crippen molar-refractivity contribution in [1.29, 1.82) is 0 Å². The first kappa shape index (κ1) is 22.5. The highest BCUT2D eigenvalue weighted by Gasteiger charge is 2.28. The average molecular weight is 412 g/mol. The molecule has 0 unspecified atom stereocenters. The van der Waals surface area contributed by atoms with Crippen molar-refractivity contribution in [2.45, 2.75) is 39.8 Å². The number of imidazole rings is 1. The molecule has 0 N–H and O–H groups in total. The number of pyridine rings is 1. The van der Waals surface area contributed by atoms with E-state index in [0.717, 1.165) is 0 Å². The van der Waals surface area contributed by atoms with Crippen LogP contribution in [-0.4, -0.2) is 29.8 Å². The Bertz CT molecular complexity index is 956. The summed E-state index contributed by atoms with van der Waals surface area (Å²) >= 11 is 0. The predicted octanol–water partition coefficient (Wildman–Crippen LogP) is 5.99. The molecule has 2 aromatic heterocycles. The van der Waals surface area contributed by atoms with Gasteiger partial charge in [0.05, 0.1) is 19.8 Å². The second-order valence-corrected chi connectivity index (χ2v) is 6.13. The molecule has 0 fully saturated rings. The fourth-order valence-corrected chi connectivity index (χ4v) is 3.06. The highest BCUT2D eigenvalue weighted by molar-refractivity contribution is 5.88. The number of fused-ring (bicyclic) bond motifs is 1. The summed E-state index contributed by atoms with van der Waals surface area (Å²) in [6.07, 6.45) is -0.968. The Kier molecular flexibility index (Phi) is 7.11. The fourth-order valence-electron chi connectivity index (χ4n) is 3.06. The van der Waals surface area contributed by atoms with Crippen LogP contribution in [0.4, 0.5) is 17.6 Å². The van der Waals surface area contributed by atoms with Crippen LogP contribution in [0.15, 0.2) is 30.7 Å². The molecule has 0 aliphatic carbocycles. The maximum absolute atomic E-state index is 14.4. The van der Waals surface area contributed by atoms with E-state index in [0.29, 0.717) is 39.4 Å². The molecular weight excluding hydrogens is 388 g/mol. The van der Waals surface area contributed by atoms with Crippen LogP contribution in [0.2, 0.25) is 0 Å². The molecule has 8 heteroatoms. The number of halogens is 4. The molecule has 1 aromatic carbocycles. The minimum Gasteiger partial charge on any atom is -0.496 e. The smallest absolute Gasteiger partial charge is 0.389 e. The maximum atomic E-state index is 14.4. The van der Waals surface area contributed by atoms with Gasteiger partial charge >= 0.3 is 6.18 Å². The predicted molar refractivity (Wildman–Crippen MR) is 104 cm³/mol. The summed E-state index contributed by atoms with van der Waals surface area (Å²) in [5.74, 6) is 0.149. The Balaban J connectivity index is 0.00000145. The van der Waals surface area contributed by atoms with E-state index in [-0.39, 0.29) is 6.42 Å². The molecule has 0 radical (unpaired) electrons. The second-order valence-electron chi connectivity index (χ2n) is 6.13. The highest BCUT2D eigenvalue weighted by Crippen LogP contribution is 2.43. The summed E-state index contributed by atoms with van der Waals surface area (Å²) < 4.78 is 64.5. The first-order valence-electron chi connectivity index (χ1n) is 9.19. The molecule has 0 saturated heterocycles. The summed E-state index contributed by atoms with van der Waals surface area (Å²) in [5.41, 5.74) is 2.17.